The third kappa shape index (κ3) is 3.89. The first-order valence-corrected chi connectivity index (χ1v) is 5.02. The van der Waals surface area contributed by atoms with Crippen LogP contribution < -0.4 is 5.32 Å². The van der Waals surface area contributed by atoms with Crippen LogP contribution in [0.1, 0.15) is 19.0 Å². The lowest BCUT2D eigenvalue weighted by molar-refractivity contribution is 0.260. The van der Waals surface area contributed by atoms with Crippen LogP contribution in [0.2, 0.25) is 0 Å². The minimum Gasteiger partial charge on any atom is -0.396 e. The highest BCUT2D eigenvalue weighted by molar-refractivity contribution is 4.97. The number of rotatable bonds is 6. The quantitative estimate of drug-likeness (QED) is 0.699. The summed E-state index contributed by atoms with van der Waals surface area (Å²) in [6.07, 6.45) is 2.80. The maximum atomic E-state index is 8.71. The summed E-state index contributed by atoms with van der Waals surface area (Å²) >= 11 is 0. The van der Waals surface area contributed by atoms with Crippen molar-refractivity contribution in [3.05, 3.63) is 18.0 Å². The molecule has 0 saturated carbocycles. The molecule has 1 rings (SSSR count). The molecule has 0 radical (unpaired) electrons. The van der Waals surface area contributed by atoms with Crippen LogP contribution >= 0.6 is 0 Å². The van der Waals surface area contributed by atoms with Gasteiger partial charge in [-0.25, -0.2) is 0 Å². The fraction of sp³-hybridized carbons (Fsp3) is 0.700. The number of hydrogen-bond acceptors (Lipinski definition) is 3. The molecule has 14 heavy (non-hydrogen) atoms. The maximum absolute atomic E-state index is 8.71. The predicted octanol–water partition coefficient (Wildman–Crippen LogP) is 0.528. The smallest absolute Gasteiger partial charge is 0.0762 e. The summed E-state index contributed by atoms with van der Waals surface area (Å²) in [6.45, 7) is 4.13. The summed E-state index contributed by atoms with van der Waals surface area (Å²) in [6, 6.07) is 2.00. The fourth-order valence-corrected chi connectivity index (χ4v) is 1.33. The first-order valence-electron chi connectivity index (χ1n) is 5.02. The molecule has 80 valence electrons. The van der Waals surface area contributed by atoms with Gasteiger partial charge < -0.3 is 10.4 Å². The number of aromatic nitrogens is 2. The van der Waals surface area contributed by atoms with Crippen LogP contribution in [-0.2, 0) is 13.6 Å². The Kier molecular flexibility index (Phi) is 4.62. The molecule has 2 N–H and O–H groups in total. The Bertz CT molecular complexity index is 260. The minimum absolute atomic E-state index is 0.270. The number of aryl methyl sites for hydroxylation is 1. The van der Waals surface area contributed by atoms with E-state index in [4.69, 9.17) is 5.11 Å². The summed E-state index contributed by atoms with van der Waals surface area (Å²) in [5, 5.41) is 16.3. The first kappa shape index (κ1) is 11.2. The highest BCUT2D eigenvalue weighted by Crippen LogP contribution is 1.99. The Morgan fingerprint density at radius 1 is 1.64 bits per heavy atom. The number of aliphatic hydroxyl groups is 1. The Labute approximate surface area is 84.9 Å². The van der Waals surface area contributed by atoms with Crippen LogP contribution in [0.3, 0.4) is 0 Å². The average molecular weight is 197 g/mol. The Morgan fingerprint density at radius 3 is 3.00 bits per heavy atom. The van der Waals surface area contributed by atoms with E-state index in [1.165, 1.54) is 0 Å². The molecular formula is C10H19N3O. The zero-order valence-electron chi connectivity index (χ0n) is 8.90. The molecule has 4 heteroatoms. The van der Waals surface area contributed by atoms with Crippen molar-refractivity contribution in [3.8, 4) is 0 Å². The van der Waals surface area contributed by atoms with Crippen molar-refractivity contribution in [2.45, 2.75) is 19.9 Å². The molecule has 4 nitrogen and oxygen atoms in total. The van der Waals surface area contributed by atoms with Crippen molar-refractivity contribution in [2.75, 3.05) is 13.2 Å². The van der Waals surface area contributed by atoms with Gasteiger partial charge in [-0.1, -0.05) is 6.92 Å². The van der Waals surface area contributed by atoms with E-state index in [0.717, 1.165) is 25.2 Å². The van der Waals surface area contributed by atoms with Gasteiger partial charge in [0.1, 0.15) is 0 Å². The summed E-state index contributed by atoms with van der Waals surface area (Å²) < 4.78 is 1.80. The number of nitrogens with zero attached hydrogens (tertiary/aromatic N) is 2. The molecule has 1 heterocycles. The second-order valence-electron chi connectivity index (χ2n) is 3.73. The van der Waals surface area contributed by atoms with Crippen molar-refractivity contribution in [3.63, 3.8) is 0 Å². The van der Waals surface area contributed by atoms with E-state index >= 15 is 0 Å². The molecule has 1 aromatic rings. The van der Waals surface area contributed by atoms with Crippen LogP contribution in [0.15, 0.2) is 12.3 Å². The molecule has 0 bridgehead atoms. The fourth-order valence-electron chi connectivity index (χ4n) is 1.33. The highest BCUT2D eigenvalue weighted by Gasteiger charge is 2.01. The topological polar surface area (TPSA) is 50.1 Å². The highest BCUT2D eigenvalue weighted by atomic mass is 16.3. The molecule has 0 aliphatic carbocycles. The van der Waals surface area contributed by atoms with Crippen molar-refractivity contribution in [1.29, 1.82) is 0 Å². The molecule has 0 spiro atoms. The van der Waals surface area contributed by atoms with E-state index < -0.39 is 0 Å². The second kappa shape index (κ2) is 5.78. The first-order chi connectivity index (χ1) is 6.72. The predicted molar refractivity (Wildman–Crippen MR) is 55.8 cm³/mol. The largest absolute Gasteiger partial charge is 0.396 e. The Hall–Kier alpha value is -0.870. The van der Waals surface area contributed by atoms with Crippen molar-refractivity contribution in [2.24, 2.45) is 13.0 Å². The van der Waals surface area contributed by atoms with Gasteiger partial charge in [0.2, 0.25) is 0 Å². The van der Waals surface area contributed by atoms with Gasteiger partial charge in [-0.2, -0.15) is 5.10 Å². The number of nitrogens with one attached hydrogen (secondary N) is 1. The molecular weight excluding hydrogens is 178 g/mol. The number of hydrogen-bond donors (Lipinski definition) is 2. The van der Waals surface area contributed by atoms with E-state index in [2.05, 4.69) is 17.3 Å². The van der Waals surface area contributed by atoms with Crippen molar-refractivity contribution >= 4 is 0 Å². The average Bonchev–Trinajstić information content (AvgIpc) is 2.52. The molecule has 1 aromatic heterocycles. The van der Waals surface area contributed by atoms with Crippen molar-refractivity contribution in [1.82, 2.24) is 15.1 Å². The molecule has 0 amide bonds. The van der Waals surface area contributed by atoms with Crippen LogP contribution in [-0.4, -0.2) is 28.0 Å². The van der Waals surface area contributed by atoms with Gasteiger partial charge in [0.05, 0.1) is 5.69 Å². The van der Waals surface area contributed by atoms with Gasteiger partial charge in [0.25, 0.3) is 0 Å². The standard InChI is InChI=1S/C10H19N3O/c1-9(4-6-14)7-11-8-10-3-5-13(2)12-10/h3,5,9,11,14H,4,6-8H2,1-2H3. The van der Waals surface area contributed by atoms with Gasteiger partial charge in [-0.3, -0.25) is 4.68 Å². The zero-order chi connectivity index (χ0) is 10.4. The molecule has 1 unspecified atom stereocenters. The normalized spacial score (nSPS) is 13.1. The van der Waals surface area contributed by atoms with Crippen molar-refractivity contribution < 1.29 is 5.11 Å². The van der Waals surface area contributed by atoms with Gasteiger partial charge >= 0.3 is 0 Å². The summed E-state index contributed by atoms with van der Waals surface area (Å²) in [7, 11) is 1.91. The molecule has 0 aliphatic heterocycles. The van der Waals surface area contributed by atoms with E-state index in [9.17, 15) is 0 Å². The Morgan fingerprint density at radius 2 is 2.43 bits per heavy atom. The van der Waals surface area contributed by atoms with Gasteiger partial charge in [-0.15, -0.1) is 0 Å². The minimum atomic E-state index is 0.270. The summed E-state index contributed by atoms with van der Waals surface area (Å²) in [5.41, 5.74) is 1.06. The van der Waals surface area contributed by atoms with E-state index in [0.29, 0.717) is 5.92 Å². The Balaban J connectivity index is 2.15. The molecule has 0 saturated heterocycles. The SMILES string of the molecule is CC(CCO)CNCc1ccn(C)n1. The number of aliphatic hydroxyl groups excluding tert-OH is 1. The monoisotopic (exact) mass is 197 g/mol. The molecule has 1 atom stereocenters. The molecule has 0 fully saturated rings. The lowest BCUT2D eigenvalue weighted by Gasteiger charge is -2.09. The summed E-state index contributed by atoms with van der Waals surface area (Å²) in [4.78, 5) is 0. The maximum Gasteiger partial charge on any atom is 0.0762 e. The van der Waals surface area contributed by atoms with Crippen LogP contribution in [0.5, 0.6) is 0 Å². The third-order valence-corrected chi connectivity index (χ3v) is 2.19. The van der Waals surface area contributed by atoms with Crippen LogP contribution in [0.25, 0.3) is 0 Å². The third-order valence-electron chi connectivity index (χ3n) is 2.19. The zero-order valence-corrected chi connectivity index (χ0v) is 8.90. The summed E-state index contributed by atoms with van der Waals surface area (Å²) in [5.74, 6) is 0.517. The second-order valence-corrected chi connectivity index (χ2v) is 3.73. The van der Waals surface area contributed by atoms with Gasteiger partial charge in [0, 0.05) is 26.4 Å². The van der Waals surface area contributed by atoms with Gasteiger partial charge in [0.15, 0.2) is 0 Å². The van der Waals surface area contributed by atoms with E-state index in [1.807, 2.05) is 19.3 Å². The van der Waals surface area contributed by atoms with E-state index in [1.54, 1.807) is 4.68 Å². The molecule has 0 aliphatic rings. The lowest BCUT2D eigenvalue weighted by atomic mass is 10.1. The van der Waals surface area contributed by atoms with Crippen LogP contribution in [0, 0.1) is 5.92 Å². The van der Waals surface area contributed by atoms with Crippen LogP contribution in [0.4, 0.5) is 0 Å². The lowest BCUT2D eigenvalue weighted by Crippen LogP contribution is -2.21. The molecule has 0 aromatic carbocycles. The van der Waals surface area contributed by atoms with E-state index in [-0.39, 0.29) is 6.61 Å². The van der Waals surface area contributed by atoms with Gasteiger partial charge in [-0.05, 0) is 24.9 Å².